The predicted octanol–water partition coefficient (Wildman–Crippen LogP) is 5.24. The van der Waals surface area contributed by atoms with E-state index in [0.29, 0.717) is 27.7 Å². The highest BCUT2D eigenvalue weighted by atomic mass is 35.5. The number of nitrogens with one attached hydrogen (secondary N) is 1. The molecule has 1 aliphatic carbocycles. The van der Waals surface area contributed by atoms with Gasteiger partial charge < -0.3 is 10.2 Å². The molecular weight excluding hydrogens is 533 g/mol. The lowest BCUT2D eigenvalue weighted by molar-refractivity contribution is -0.140. The van der Waals surface area contributed by atoms with Gasteiger partial charge in [-0.1, -0.05) is 66.7 Å². The minimum absolute atomic E-state index is 0.0802. The van der Waals surface area contributed by atoms with E-state index in [9.17, 15) is 18.0 Å². The Morgan fingerprint density at radius 3 is 2.30 bits per heavy atom. The number of anilines is 1. The van der Waals surface area contributed by atoms with Crippen molar-refractivity contribution in [1.82, 2.24) is 10.2 Å². The zero-order valence-corrected chi connectivity index (χ0v) is 24.1. The molecule has 37 heavy (non-hydrogen) atoms. The zero-order chi connectivity index (χ0) is 27.3. The number of hydrogen-bond acceptors (Lipinski definition) is 4. The number of amides is 2. The molecule has 2 aromatic carbocycles. The van der Waals surface area contributed by atoms with Gasteiger partial charge in [0.15, 0.2) is 0 Å². The van der Waals surface area contributed by atoms with Crippen LogP contribution in [-0.2, 0) is 26.2 Å². The second-order valence-electron chi connectivity index (χ2n) is 9.74. The van der Waals surface area contributed by atoms with Crippen LogP contribution in [0.25, 0.3) is 0 Å². The van der Waals surface area contributed by atoms with Crippen LogP contribution >= 0.6 is 23.2 Å². The van der Waals surface area contributed by atoms with E-state index in [1.165, 1.54) is 4.90 Å². The van der Waals surface area contributed by atoms with Crippen LogP contribution in [0.2, 0.25) is 10.0 Å². The summed E-state index contributed by atoms with van der Waals surface area (Å²) in [4.78, 5) is 28.6. The third-order valence-corrected chi connectivity index (χ3v) is 8.59. The second kappa shape index (κ2) is 12.5. The number of hydrogen-bond donors (Lipinski definition) is 1. The van der Waals surface area contributed by atoms with Gasteiger partial charge in [0.25, 0.3) is 0 Å². The third-order valence-electron chi connectivity index (χ3n) is 6.72. The van der Waals surface area contributed by atoms with Gasteiger partial charge in [0.05, 0.1) is 22.0 Å². The molecule has 0 radical (unpaired) electrons. The van der Waals surface area contributed by atoms with Gasteiger partial charge in [-0.2, -0.15) is 0 Å². The van der Waals surface area contributed by atoms with Gasteiger partial charge in [-0.05, 0) is 62.4 Å². The smallest absolute Gasteiger partial charge is 0.244 e. The molecule has 1 saturated carbocycles. The van der Waals surface area contributed by atoms with Gasteiger partial charge in [0.1, 0.15) is 12.6 Å². The van der Waals surface area contributed by atoms with Crippen molar-refractivity contribution < 1.29 is 18.0 Å². The first-order valence-electron chi connectivity index (χ1n) is 12.5. The predicted molar refractivity (Wildman–Crippen MR) is 150 cm³/mol. The second-order valence-corrected chi connectivity index (χ2v) is 12.5. The van der Waals surface area contributed by atoms with Crippen molar-refractivity contribution in [3.05, 3.63) is 63.1 Å². The molecule has 3 rings (SSSR count). The summed E-state index contributed by atoms with van der Waals surface area (Å²) in [5.41, 5.74) is 2.84. The van der Waals surface area contributed by atoms with Crippen LogP contribution in [0.5, 0.6) is 0 Å². The summed E-state index contributed by atoms with van der Waals surface area (Å²) >= 11 is 12.3. The minimum atomic E-state index is -3.79. The maximum atomic E-state index is 13.8. The Balaban J connectivity index is 1.96. The highest BCUT2D eigenvalue weighted by Gasteiger charge is 2.33. The molecule has 202 valence electrons. The van der Waals surface area contributed by atoms with E-state index in [-0.39, 0.29) is 18.5 Å². The Kier molecular flexibility index (Phi) is 9.89. The molecule has 0 aromatic heterocycles. The van der Waals surface area contributed by atoms with E-state index < -0.39 is 28.5 Å². The molecule has 0 bridgehead atoms. The van der Waals surface area contributed by atoms with E-state index >= 15 is 0 Å². The van der Waals surface area contributed by atoms with Gasteiger partial charge >= 0.3 is 0 Å². The number of aryl methyl sites for hydroxylation is 2. The fourth-order valence-corrected chi connectivity index (χ4v) is 6.03. The molecule has 0 unspecified atom stereocenters. The van der Waals surface area contributed by atoms with Gasteiger partial charge in [0, 0.05) is 12.6 Å². The molecule has 0 spiro atoms. The van der Waals surface area contributed by atoms with Crippen molar-refractivity contribution in [3.8, 4) is 0 Å². The Labute approximate surface area is 230 Å². The van der Waals surface area contributed by atoms with Crippen LogP contribution in [-0.4, -0.2) is 50.0 Å². The van der Waals surface area contributed by atoms with Gasteiger partial charge in [-0.3, -0.25) is 13.9 Å². The Bertz CT molecular complexity index is 1250. The number of carbonyl (C=O) groups excluding carboxylic acids is 2. The average Bonchev–Trinajstić information content (AvgIpc) is 3.32. The summed E-state index contributed by atoms with van der Waals surface area (Å²) in [6, 6.07) is 9.73. The summed E-state index contributed by atoms with van der Waals surface area (Å²) in [7, 11) is -3.79. The molecule has 1 atom stereocenters. The molecule has 7 nitrogen and oxygen atoms in total. The SMILES string of the molecule is CC[C@@H](C(=O)NC1CCCC1)N(Cc1ccc(Cl)c(Cl)c1)C(=O)CN(c1ccc(C)cc1C)S(C)(=O)=O. The third kappa shape index (κ3) is 7.62. The topological polar surface area (TPSA) is 86.8 Å². The van der Waals surface area contributed by atoms with Crippen molar-refractivity contribution in [1.29, 1.82) is 0 Å². The molecule has 0 aliphatic heterocycles. The number of sulfonamides is 1. The largest absolute Gasteiger partial charge is 0.352 e. The van der Waals surface area contributed by atoms with Crippen molar-refractivity contribution in [2.75, 3.05) is 17.1 Å². The fraction of sp³-hybridized carbons (Fsp3) is 0.481. The number of benzene rings is 2. The first-order valence-corrected chi connectivity index (χ1v) is 15.1. The van der Waals surface area contributed by atoms with E-state index in [2.05, 4.69) is 5.32 Å². The quantitative estimate of drug-likeness (QED) is 0.425. The van der Waals surface area contributed by atoms with Gasteiger partial charge in [-0.25, -0.2) is 8.42 Å². The van der Waals surface area contributed by atoms with E-state index in [4.69, 9.17) is 23.2 Å². The monoisotopic (exact) mass is 567 g/mol. The van der Waals surface area contributed by atoms with Crippen LogP contribution in [0, 0.1) is 13.8 Å². The van der Waals surface area contributed by atoms with E-state index in [1.807, 2.05) is 32.9 Å². The maximum Gasteiger partial charge on any atom is 0.244 e. The number of halogens is 2. The van der Waals surface area contributed by atoms with Crippen LogP contribution in [0.1, 0.15) is 55.7 Å². The highest BCUT2D eigenvalue weighted by molar-refractivity contribution is 7.92. The zero-order valence-electron chi connectivity index (χ0n) is 21.8. The van der Waals surface area contributed by atoms with E-state index in [1.54, 1.807) is 24.3 Å². The molecule has 0 saturated heterocycles. The fourth-order valence-electron chi connectivity index (χ4n) is 4.80. The molecule has 2 aromatic rings. The first kappa shape index (κ1) is 29.3. The van der Waals surface area contributed by atoms with Crippen LogP contribution in [0.15, 0.2) is 36.4 Å². The van der Waals surface area contributed by atoms with Crippen LogP contribution < -0.4 is 9.62 Å². The Morgan fingerprint density at radius 1 is 1.05 bits per heavy atom. The average molecular weight is 569 g/mol. The van der Waals surface area contributed by atoms with Crippen LogP contribution in [0.3, 0.4) is 0 Å². The summed E-state index contributed by atoms with van der Waals surface area (Å²) in [5, 5.41) is 3.81. The van der Waals surface area contributed by atoms with Gasteiger partial charge in [-0.15, -0.1) is 0 Å². The van der Waals surface area contributed by atoms with Crippen molar-refractivity contribution in [2.24, 2.45) is 0 Å². The normalized spacial score (nSPS) is 14.9. The maximum absolute atomic E-state index is 13.8. The molecule has 0 heterocycles. The number of rotatable bonds is 10. The summed E-state index contributed by atoms with van der Waals surface area (Å²) in [6.45, 7) is 5.21. The molecule has 2 amide bonds. The Morgan fingerprint density at radius 2 is 1.73 bits per heavy atom. The first-order chi connectivity index (χ1) is 17.4. The minimum Gasteiger partial charge on any atom is -0.352 e. The molecule has 1 fully saturated rings. The standard InChI is InChI=1S/C27H35Cl2N3O4S/c1-5-24(27(34)30-21-8-6-7-9-21)31(16-20-11-12-22(28)23(29)15-20)26(33)17-32(37(4,35)36)25-13-10-18(2)14-19(25)3/h10-15,21,24H,5-9,16-17H2,1-4H3,(H,30,34)/t24-/m0/s1. The van der Waals surface area contributed by atoms with Crippen LogP contribution in [0.4, 0.5) is 5.69 Å². The number of nitrogens with zero attached hydrogens (tertiary/aromatic N) is 2. The number of carbonyl (C=O) groups is 2. The molecule has 10 heteroatoms. The lowest BCUT2D eigenvalue weighted by Crippen LogP contribution is -2.53. The van der Waals surface area contributed by atoms with Gasteiger partial charge in [0.2, 0.25) is 21.8 Å². The lowest BCUT2D eigenvalue weighted by atomic mass is 10.1. The molecule has 1 N–H and O–H groups in total. The molecule has 1 aliphatic rings. The highest BCUT2D eigenvalue weighted by Crippen LogP contribution is 2.27. The summed E-state index contributed by atoms with van der Waals surface area (Å²) in [6.07, 6.45) is 5.40. The van der Waals surface area contributed by atoms with Crippen molar-refractivity contribution >= 4 is 50.7 Å². The Hall–Kier alpha value is -2.29. The van der Waals surface area contributed by atoms with Crippen molar-refractivity contribution in [2.45, 2.75) is 71.5 Å². The van der Waals surface area contributed by atoms with E-state index in [0.717, 1.165) is 47.4 Å². The molecular formula is C27H35Cl2N3O4S. The lowest BCUT2D eigenvalue weighted by Gasteiger charge is -2.33. The van der Waals surface area contributed by atoms with Crippen molar-refractivity contribution in [3.63, 3.8) is 0 Å². The summed E-state index contributed by atoms with van der Waals surface area (Å²) < 4.78 is 26.7. The summed E-state index contributed by atoms with van der Waals surface area (Å²) in [5.74, 6) is -0.717.